The van der Waals surface area contributed by atoms with E-state index in [2.05, 4.69) is 0 Å². The summed E-state index contributed by atoms with van der Waals surface area (Å²) in [7, 11) is 0. The van der Waals surface area contributed by atoms with E-state index < -0.39 is 4.92 Å². The summed E-state index contributed by atoms with van der Waals surface area (Å²) in [4.78, 5) is 35.8. The molecule has 2 amide bonds. The molecule has 2 aromatic rings. The molecule has 1 aliphatic rings. The van der Waals surface area contributed by atoms with Crippen LogP contribution in [-0.2, 0) is 4.79 Å². The van der Waals surface area contributed by atoms with Gasteiger partial charge in [-0.1, -0.05) is 0 Å². The van der Waals surface area contributed by atoms with E-state index in [4.69, 9.17) is 0 Å². The molecule has 8 heteroatoms. The highest BCUT2D eigenvalue weighted by atomic mass is 32.2. The van der Waals surface area contributed by atoms with Crippen LogP contribution in [0.2, 0.25) is 0 Å². The minimum Gasteiger partial charge on any atom is -0.317 e. The molecule has 1 aromatic carbocycles. The molecule has 1 fully saturated rings. The maximum Gasteiger partial charge on any atom is 0.293 e. The molecule has 0 bridgehead atoms. The van der Waals surface area contributed by atoms with Gasteiger partial charge >= 0.3 is 0 Å². The molecule has 1 aromatic heterocycles. The number of nitro groups is 1. The van der Waals surface area contributed by atoms with E-state index in [1.165, 1.54) is 17.0 Å². The van der Waals surface area contributed by atoms with Crippen molar-refractivity contribution < 1.29 is 14.5 Å². The first kappa shape index (κ1) is 16.0. The van der Waals surface area contributed by atoms with Crippen LogP contribution >= 0.6 is 11.8 Å². The molecule has 24 heavy (non-hydrogen) atoms. The summed E-state index contributed by atoms with van der Waals surface area (Å²) in [5.74, 6) is -0.302. The normalized spacial score (nSPS) is 16.2. The van der Waals surface area contributed by atoms with Crippen molar-refractivity contribution in [3.05, 3.63) is 63.3 Å². The smallest absolute Gasteiger partial charge is 0.293 e. The number of carbonyl (C=O) groups is 2. The molecular formula is C16H13N3O4S. The first-order valence-electron chi connectivity index (χ1n) is 7.19. The summed E-state index contributed by atoms with van der Waals surface area (Å²) in [6.07, 6.45) is 3.44. The Bertz CT molecular complexity index is 854. The fourth-order valence-electron chi connectivity index (χ4n) is 2.39. The van der Waals surface area contributed by atoms with Gasteiger partial charge in [0.15, 0.2) is 0 Å². The Hall–Kier alpha value is -2.87. The van der Waals surface area contributed by atoms with Crippen LogP contribution in [0.4, 0.5) is 10.5 Å². The number of hydrogen-bond donors (Lipinski definition) is 0. The number of nitrogens with zero attached hydrogens (tertiary/aromatic N) is 3. The van der Waals surface area contributed by atoms with Gasteiger partial charge in [-0.05, 0) is 49.0 Å². The molecule has 1 aliphatic heterocycles. The van der Waals surface area contributed by atoms with Crippen molar-refractivity contribution in [2.24, 2.45) is 0 Å². The maximum atomic E-state index is 12.2. The Labute approximate surface area is 141 Å². The van der Waals surface area contributed by atoms with Crippen molar-refractivity contribution in [1.82, 2.24) is 9.47 Å². The third-order valence-corrected chi connectivity index (χ3v) is 4.50. The number of aromatic nitrogens is 1. The Balaban J connectivity index is 1.94. The van der Waals surface area contributed by atoms with Gasteiger partial charge in [-0.25, -0.2) is 0 Å². The van der Waals surface area contributed by atoms with Gasteiger partial charge in [0.2, 0.25) is 0 Å². The topological polar surface area (TPSA) is 85.4 Å². The van der Waals surface area contributed by atoms with Crippen LogP contribution < -0.4 is 0 Å². The van der Waals surface area contributed by atoms with Gasteiger partial charge in [0.25, 0.3) is 16.8 Å². The van der Waals surface area contributed by atoms with Crippen molar-refractivity contribution >= 4 is 34.7 Å². The number of nitro benzene ring substituents is 1. The number of thioether (sulfide) groups is 1. The van der Waals surface area contributed by atoms with Gasteiger partial charge < -0.3 is 4.57 Å². The number of hydrogen-bond acceptors (Lipinski definition) is 5. The second-order valence-corrected chi connectivity index (χ2v) is 6.00. The molecule has 3 rings (SSSR count). The lowest BCUT2D eigenvalue weighted by atomic mass is 10.2. The van der Waals surface area contributed by atoms with Crippen LogP contribution in [0.25, 0.3) is 11.8 Å². The van der Waals surface area contributed by atoms with Gasteiger partial charge in [0.05, 0.1) is 9.83 Å². The fourth-order valence-corrected chi connectivity index (χ4v) is 3.28. The zero-order chi connectivity index (χ0) is 17.3. The number of rotatable bonds is 4. The lowest BCUT2D eigenvalue weighted by Gasteiger charge is -2.08. The predicted molar refractivity (Wildman–Crippen MR) is 90.8 cm³/mol. The average Bonchev–Trinajstić information content (AvgIpc) is 3.12. The van der Waals surface area contributed by atoms with E-state index in [9.17, 15) is 19.7 Å². The van der Waals surface area contributed by atoms with E-state index in [0.29, 0.717) is 17.1 Å². The molecule has 0 aliphatic carbocycles. The Morgan fingerprint density at radius 2 is 1.92 bits per heavy atom. The molecule has 2 heterocycles. The van der Waals surface area contributed by atoms with Crippen LogP contribution in [-0.4, -0.2) is 32.1 Å². The number of likely N-dealkylation sites (N-methyl/N-ethyl adjacent to an activating group) is 1. The third kappa shape index (κ3) is 2.83. The minimum atomic E-state index is -0.457. The van der Waals surface area contributed by atoms with E-state index in [0.717, 1.165) is 17.4 Å². The number of carbonyl (C=O) groups excluding carboxylic acids is 2. The summed E-state index contributed by atoms with van der Waals surface area (Å²) in [5, 5.41) is 10.5. The molecule has 1 saturated heterocycles. The minimum absolute atomic E-state index is 0.0107. The van der Waals surface area contributed by atoms with Crippen molar-refractivity contribution in [3.8, 4) is 5.69 Å². The number of benzene rings is 1. The standard InChI is InChI=1S/C16H13N3O4S/c1-2-17-15(20)14(24-16(17)21)10-13-4-3-9-18(13)11-5-7-12(8-6-11)19(22)23/h3-10H,2H2,1H3/b14-10-. The zero-order valence-corrected chi connectivity index (χ0v) is 13.5. The highest BCUT2D eigenvalue weighted by Crippen LogP contribution is 2.32. The molecule has 0 N–H and O–H groups in total. The van der Waals surface area contributed by atoms with E-state index in [1.54, 1.807) is 48.0 Å². The maximum absolute atomic E-state index is 12.2. The summed E-state index contributed by atoms with van der Waals surface area (Å²) in [6.45, 7) is 2.09. The first-order valence-corrected chi connectivity index (χ1v) is 8.00. The monoisotopic (exact) mass is 343 g/mol. The SMILES string of the molecule is CCN1C(=O)S/C(=C\c2cccn2-c2ccc([N+](=O)[O-])cc2)C1=O. The van der Waals surface area contributed by atoms with Crippen molar-refractivity contribution in [2.75, 3.05) is 6.54 Å². The second-order valence-electron chi connectivity index (χ2n) is 5.00. The fraction of sp³-hybridized carbons (Fsp3) is 0.125. The quantitative estimate of drug-likeness (QED) is 0.482. The number of imide groups is 1. The van der Waals surface area contributed by atoms with Gasteiger partial charge in [0, 0.05) is 36.3 Å². The van der Waals surface area contributed by atoms with Crippen LogP contribution in [0.15, 0.2) is 47.5 Å². The Morgan fingerprint density at radius 1 is 1.21 bits per heavy atom. The largest absolute Gasteiger partial charge is 0.317 e. The number of amides is 2. The molecule has 122 valence electrons. The summed E-state index contributed by atoms with van der Waals surface area (Å²) >= 11 is 0.911. The molecule has 7 nitrogen and oxygen atoms in total. The van der Waals surface area contributed by atoms with Crippen LogP contribution in [0.1, 0.15) is 12.6 Å². The molecular weight excluding hydrogens is 330 g/mol. The highest BCUT2D eigenvalue weighted by molar-refractivity contribution is 8.18. The Kier molecular flexibility index (Phi) is 4.22. The van der Waals surface area contributed by atoms with Gasteiger partial charge in [-0.3, -0.25) is 24.6 Å². The molecule has 0 radical (unpaired) electrons. The van der Waals surface area contributed by atoms with Gasteiger partial charge in [0.1, 0.15) is 0 Å². The first-order chi connectivity index (χ1) is 11.5. The van der Waals surface area contributed by atoms with E-state index in [1.807, 2.05) is 0 Å². The summed E-state index contributed by atoms with van der Waals surface area (Å²) in [5.41, 5.74) is 1.45. The third-order valence-electron chi connectivity index (χ3n) is 3.59. The average molecular weight is 343 g/mol. The molecule has 0 spiro atoms. The van der Waals surface area contributed by atoms with Crippen molar-refractivity contribution in [3.63, 3.8) is 0 Å². The van der Waals surface area contributed by atoms with Crippen molar-refractivity contribution in [1.29, 1.82) is 0 Å². The summed E-state index contributed by atoms with van der Waals surface area (Å²) < 4.78 is 1.80. The summed E-state index contributed by atoms with van der Waals surface area (Å²) in [6, 6.07) is 9.72. The lowest BCUT2D eigenvalue weighted by molar-refractivity contribution is -0.384. The highest BCUT2D eigenvalue weighted by Gasteiger charge is 2.33. The van der Waals surface area contributed by atoms with Gasteiger partial charge in [-0.15, -0.1) is 0 Å². The van der Waals surface area contributed by atoms with Crippen LogP contribution in [0.3, 0.4) is 0 Å². The Morgan fingerprint density at radius 3 is 2.50 bits per heavy atom. The lowest BCUT2D eigenvalue weighted by Crippen LogP contribution is -2.27. The van der Waals surface area contributed by atoms with E-state index in [-0.39, 0.29) is 16.8 Å². The molecule has 0 saturated carbocycles. The van der Waals surface area contributed by atoms with Crippen molar-refractivity contribution in [2.45, 2.75) is 6.92 Å². The number of non-ortho nitro benzene ring substituents is 1. The van der Waals surface area contributed by atoms with Crippen LogP contribution in [0, 0.1) is 10.1 Å². The molecule has 0 atom stereocenters. The van der Waals surface area contributed by atoms with E-state index >= 15 is 0 Å². The second kappa shape index (κ2) is 6.32. The van der Waals surface area contributed by atoms with Crippen LogP contribution in [0.5, 0.6) is 0 Å². The zero-order valence-electron chi connectivity index (χ0n) is 12.7. The van der Waals surface area contributed by atoms with Gasteiger partial charge in [-0.2, -0.15) is 0 Å². The molecule has 0 unspecified atom stereocenters. The predicted octanol–water partition coefficient (Wildman–Crippen LogP) is 3.44.